The Morgan fingerprint density at radius 3 is 2.50 bits per heavy atom. The second-order valence-corrected chi connectivity index (χ2v) is 7.03. The number of amides is 2. The van der Waals surface area contributed by atoms with Crippen molar-refractivity contribution >= 4 is 23.6 Å². The van der Waals surface area contributed by atoms with E-state index in [4.69, 9.17) is 0 Å². The molecule has 2 aromatic rings. The van der Waals surface area contributed by atoms with Gasteiger partial charge in [-0.3, -0.25) is 9.59 Å². The smallest absolute Gasteiger partial charge is 0.405 e. The van der Waals surface area contributed by atoms with Gasteiger partial charge in [-0.1, -0.05) is 36.4 Å². The average Bonchev–Trinajstić information content (AvgIpc) is 3.16. The summed E-state index contributed by atoms with van der Waals surface area (Å²) in [5.74, 6) is -0.249. The number of hydrogen-bond donors (Lipinski definition) is 1. The van der Waals surface area contributed by atoms with Gasteiger partial charge in [0, 0.05) is 23.4 Å². The predicted octanol–water partition coefficient (Wildman–Crippen LogP) is 3.42. The first-order valence-electron chi connectivity index (χ1n) is 8.40. The molecule has 9 heteroatoms. The Labute approximate surface area is 163 Å². The molecule has 1 aliphatic heterocycles. The lowest BCUT2D eigenvalue weighted by atomic mass is 10.1. The standard InChI is InChI=1S/C19H17F3N2O3S/c20-19(21,22)27-16-9-5-4-8-14(16)10-23-17(25)15-11-28-12-24(15)18(26)13-6-2-1-3-7-13/h1-9,15H,10-12H2,(H,23,25). The third kappa shape index (κ3) is 4.98. The SMILES string of the molecule is O=C(NCc1ccccc1OC(F)(F)F)C1CSCN1C(=O)c1ccccc1. The van der Waals surface area contributed by atoms with Gasteiger partial charge in [0.05, 0.1) is 5.88 Å². The normalized spacial score (nSPS) is 16.7. The molecule has 1 atom stereocenters. The van der Waals surface area contributed by atoms with E-state index in [2.05, 4.69) is 10.1 Å². The van der Waals surface area contributed by atoms with Crippen molar-refractivity contribution in [2.24, 2.45) is 0 Å². The highest BCUT2D eigenvalue weighted by molar-refractivity contribution is 7.99. The quantitative estimate of drug-likeness (QED) is 0.821. The summed E-state index contributed by atoms with van der Waals surface area (Å²) in [5.41, 5.74) is 0.673. The number of nitrogens with one attached hydrogen (secondary N) is 1. The molecule has 3 rings (SSSR count). The summed E-state index contributed by atoms with van der Waals surface area (Å²) in [6, 6.07) is 13.5. The van der Waals surface area contributed by atoms with Gasteiger partial charge in [-0.15, -0.1) is 24.9 Å². The van der Waals surface area contributed by atoms with Gasteiger partial charge in [0.1, 0.15) is 11.8 Å². The van der Waals surface area contributed by atoms with Crippen LogP contribution in [0.5, 0.6) is 5.75 Å². The molecule has 28 heavy (non-hydrogen) atoms. The summed E-state index contributed by atoms with van der Waals surface area (Å²) in [6.45, 7) is -0.139. The molecular formula is C19H17F3N2O3S. The monoisotopic (exact) mass is 410 g/mol. The van der Waals surface area contributed by atoms with Crippen molar-refractivity contribution in [2.75, 3.05) is 11.6 Å². The zero-order valence-electron chi connectivity index (χ0n) is 14.6. The third-order valence-corrected chi connectivity index (χ3v) is 5.13. The second kappa shape index (κ2) is 8.55. The zero-order valence-corrected chi connectivity index (χ0v) is 15.4. The fraction of sp³-hybridized carbons (Fsp3) is 0.263. The first-order valence-corrected chi connectivity index (χ1v) is 9.56. The number of ether oxygens (including phenoxy) is 1. The van der Waals surface area contributed by atoms with E-state index in [0.717, 1.165) is 0 Å². The van der Waals surface area contributed by atoms with Crippen molar-refractivity contribution in [1.29, 1.82) is 0 Å². The van der Waals surface area contributed by atoms with E-state index in [9.17, 15) is 22.8 Å². The molecule has 2 aromatic carbocycles. The van der Waals surface area contributed by atoms with E-state index < -0.39 is 18.3 Å². The number of carbonyl (C=O) groups is 2. The summed E-state index contributed by atoms with van der Waals surface area (Å²) in [5, 5.41) is 2.61. The van der Waals surface area contributed by atoms with E-state index in [0.29, 0.717) is 17.2 Å². The lowest BCUT2D eigenvalue weighted by molar-refractivity contribution is -0.274. The molecule has 0 saturated carbocycles. The molecule has 1 heterocycles. The number of rotatable bonds is 5. The number of thioether (sulfide) groups is 1. The maximum Gasteiger partial charge on any atom is 0.573 e. The minimum absolute atomic E-state index is 0.139. The summed E-state index contributed by atoms with van der Waals surface area (Å²) in [6.07, 6.45) is -4.82. The number of benzene rings is 2. The van der Waals surface area contributed by atoms with Crippen LogP contribution >= 0.6 is 11.8 Å². The van der Waals surface area contributed by atoms with Crippen molar-refractivity contribution < 1.29 is 27.5 Å². The lowest BCUT2D eigenvalue weighted by Crippen LogP contribution is -2.47. The molecule has 148 valence electrons. The molecule has 0 aromatic heterocycles. The molecule has 0 bridgehead atoms. The molecule has 0 aliphatic carbocycles. The third-order valence-electron chi connectivity index (χ3n) is 4.12. The van der Waals surface area contributed by atoms with Crippen LogP contribution in [0.4, 0.5) is 13.2 Å². The molecule has 1 saturated heterocycles. The lowest BCUT2D eigenvalue weighted by Gasteiger charge is -2.23. The van der Waals surface area contributed by atoms with Gasteiger partial charge < -0.3 is 15.0 Å². The van der Waals surface area contributed by atoms with Gasteiger partial charge in [-0.25, -0.2) is 0 Å². The fourth-order valence-electron chi connectivity index (χ4n) is 2.78. The molecule has 1 unspecified atom stereocenters. The summed E-state index contributed by atoms with van der Waals surface area (Å²) in [7, 11) is 0. The largest absolute Gasteiger partial charge is 0.573 e. The van der Waals surface area contributed by atoms with E-state index >= 15 is 0 Å². The van der Waals surface area contributed by atoms with Crippen LogP contribution in [0.1, 0.15) is 15.9 Å². The van der Waals surface area contributed by atoms with Crippen LogP contribution in [0.2, 0.25) is 0 Å². The van der Waals surface area contributed by atoms with Crippen molar-refractivity contribution in [3.05, 3.63) is 65.7 Å². The summed E-state index contributed by atoms with van der Waals surface area (Å²) < 4.78 is 41.5. The first-order chi connectivity index (χ1) is 13.3. The molecule has 1 aliphatic rings. The highest BCUT2D eigenvalue weighted by Gasteiger charge is 2.35. The number of para-hydroxylation sites is 1. The predicted molar refractivity (Wildman–Crippen MR) is 98.7 cm³/mol. The zero-order chi connectivity index (χ0) is 20.1. The molecule has 1 fully saturated rings. The van der Waals surface area contributed by atoms with Gasteiger partial charge in [-0.05, 0) is 18.2 Å². The van der Waals surface area contributed by atoms with Gasteiger partial charge in [0.25, 0.3) is 5.91 Å². The topological polar surface area (TPSA) is 58.6 Å². The van der Waals surface area contributed by atoms with Crippen LogP contribution in [0.25, 0.3) is 0 Å². The molecular weight excluding hydrogens is 393 g/mol. The van der Waals surface area contributed by atoms with Crippen molar-refractivity contribution in [3.63, 3.8) is 0 Å². The van der Waals surface area contributed by atoms with Crippen LogP contribution in [-0.4, -0.2) is 40.7 Å². The van der Waals surface area contributed by atoms with Crippen LogP contribution in [0.3, 0.4) is 0 Å². The number of alkyl halides is 3. The van der Waals surface area contributed by atoms with Crippen molar-refractivity contribution in [3.8, 4) is 5.75 Å². The maximum absolute atomic E-state index is 12.6. The van der Waals surface area contributed by atoms with E-state index in [-0.39, 0.29) is 23.8 Å². The van der Waals surface area contributed by atoms with Gasteiger partial charge in [0.15, 0.2) is 0 Å². The second-order valence-electron chi connectivity index (χ2n) is 6.03. The van der Waals surface area contributed by atoms with Crippen LogP contribution in [0.15, 0.2) is 54.6 Å². The Hall–Kier alpha value is -2.68. The molecule has 1 N–H and O–H groups in total. The Balaban J connectivity index is 1.66. The Morgan fingerprint density at radius 2 is 1.79 bits per heavy atom. The number of nitrogens with zero attached hydrogens (tertiary/aromatic N) is 1. The van der Waals surface area contributed by atoms with E-state index in [1.54, 1.807) is 36.4 Å². The van der Waals surface area contributed by atoms with Gasteiger partial charge >= 0.3 is 6.36 Å². The molecule has 0 radical (unpaired) electrons. The average molecular weight is 410 g/mol. The number of hydrogen-bond acceptors (Lipinski definition) is 4. The highest BCUT2D eigenvalue weighted by Crippen LogP contribution is 2.27. The van der Waals surface area contributed by atoms with Crippen LogP contribution < -0.4 is 10.1 Å². The van der Waals surface area contributed by atoms with E-state index in [1.807, 2.05) is 0 Å². The molecule has 2 amide bonds. The summed E-state index contributed by atoms with van der Waals surface area (Å²) >= 11 is 1.45. The Bertz CT molecular complexity index is 846. The van der Waals surface area contributed by atoms with Crippen molar-refractivity contribution in [1.82, 2.24) is 10.2 Å². The number of carbonyl (C=O) groups excluding carboxylic acids is 2. The highest BCUT2D eigenvalue weighted by atomic mass is 32.2. The van der Waals surface area contributed by atoms with Crippen LogP contribution in [-0.2, 0) is 11.3 Å². The Kier molecular flexibility index (Phi) is 6.13. The molecule has 5 nitrogen and oxygen atoms in total. The maximum atomic E-state index is 12.6. The minimum Gasteiger partial charge on any atom is -0.405 e. The minimum atomic E-state index is -4.82. The number of halogens is 3. The molecule has 0 spiro atoms. The van der Waals surface area contributed by atoms with Crippen molar-refractivity contribution in [2.45, 2.75) is 18.9 Å². The Morgan fingerprint density at radius 1 is 1.11 bits per heavy atom. The fourth-order valence-corrected chi connectivity index (χ4v) is 3.93. The first kappa shape index (κ1) is 20.1. The van der Waals surface area contributed by atoms with Crippen LogP contribution in [0, 0.1) is 0 Å². The van der Waals surface area contributed by atoms with Gasteiger partial charge in [0.2, 0.25) is 5.91 Å². The summed E-state index contributed by atoms with van der Waals surface area (Å²) in [4.78, 5) is 26.7. The van der Waals surface area contributed by atoms with Gasteiger partial charge in [-0.2, -0.15) is 0 Å². The van der Waals surface area contributed by atoms with E-state index in [1.165, 1.54) is 34.9 Å².